The third-order valence-electron chi connectivity index (χ3n) is 1.31. The minimum atomic E-state index is -0.412. The van der Waals surface area contributed by atoms with Crippen LogP contribution in [0.25, 0.3) is 0 Å². The van der Waals surface area contributed by atoms with Gasteiger partial charge in [-0.25, -0.2) is 4.39 Å². The van der Waals surface area contributed by atoms with Crippen molar-refractivity contribution in [2.24, 2.45) is 0 Å². The highest BCUT2D eigenvalue weighted by Crippen LogP contribution is 2.15. The highest BCUT2D eigenvalue weighted by atomic mass is 19.1. The van der Waals surface area contributed by atoms with Crippen molar-refractivity contribution < 1.29 is 9.60 Å². The first-order valence-electron chi connectivity index (χ1n) is 2.91. The molecule has 10 heavy (non-hydrogen) atoms. The number of halogens is 1. The molecule has 1 aromatic carbocycles. The van der Waals surface area contributed by atoms with Crippen molar-refractivity contribution >= 4 is 5.69 Å². The van der Waals surface area contributed by atoms with Gasteiger partial charge >= 0.3 is 0 Å². The smallest absolute Gasteiger partial charge is 0.151 e. The number of aryl methyl sites for hydroxylation is 1. The van der Waals surface area contributed by atoms with Gasteiger partial charge < -0.3 is 0 Å². The minimum absolute atomic E-state index is 0.111. The SMILES string of the molecule is Cc1cccc(NO)c1F. The van der Waals surface area contributed by atoms with Gasteiger partial charge in [0, 0.05) is 0 Å². The first-order valence-corrected chi connectivity index (χ1v) is 2.91. The molecule has 0 unspecified atom stereocenters. The maximum Gasteiger partial charge on any atom is 0.151 e. The molecule has 0 aliphatic heterocycles. The van der Waals surface area contributed by atoms with Gasteiger partial charge in [0.2, 0.25) is 0 Å². The van der Waals surface area contributed by atoms with E-state index in [1.54, 1.807) is 24.5 Å². The summed E-state index contributed by atoms with van der Waals surface area (Å²) in [5, 5.41) is 8.35. The molecular formula is C7H8FNO. The molecule has 0 aliphatic rings. The summed E-state index contributed by atoms with van der Waals surface area (Å²) in [6.07, 6.45) is 0. The van der Waals surface area contributed by atoms with Gasteiger partial charge in [0.15, 0.2) is 5.82 Å². The van der Waals surface area contributed by atoms with Crippen LogP contribution in [-0.2, 0) is 0 Å². The van der Waals surface area contributed by atoms with E-state index >= 15 is 0 Å². The van der Waals surface area contributed by atoms with Crippen LogP contribution >= 0.6 is 0 Å². The zero-order valence-corrected chi connectivity index (χ0v) is 5.56. The molecule has 3 heteroatoms. The topological polar surface area (TPSA) is 32.3 Å². The Kier molecular flexibility index (Phi) is 1.87. The third kappa shape index (κ3) is 1.09. The molecule has 1 rings (SSSR count). The summed E-state index contributed by atoms with van der Waals surface area (Å²) in [6, 6.07) is 4.76. The van der Waals surface area contributed by atoms with Crippen molar-refractivity contribution in [3.63, 3.8) is 0 Å². The van der Waals surface area contributed by atoms with Crippen molar-refractivity contribution in [2.75, 3.05) is 5.48 Å². The molecule has 0 saturated carbocycles. The molecule has 2 nitrogen and oxygen atoms in total. The van der Waals surface area contributed by atoms with E-state index in [2.05, 4.69) is 0 Å². The molecule has 0 amide bonds. The van der Waals surface area contributed by atoms with Gasteiger partial charge in [-0.15, -0.1) is 0 Å². The fourth-order valence-corrected chi connectivity index (χ4v) is 0.734. The maximum atomic E-state index is 12.8. The van der Waals surface area contributed by atoms with Crippen LogP contribution in [0.15, 0.2) is 18.2 Å². The molecule has 1 aromatic rings. The van der Waals surface area contributed by atoms with Crippen LogP contribution in [0.1, 0.15) is 5.56 Å². The second-order valence-corrected chi connectivity index (χ2v) is 2.05. The Labute approximate surface area is 58.3 Å². The van der Waals surface area contributed by atoms with Crippen molar-refractivity contribution in [1.29, 1.82) is 0 Å². The number of hydrogen-bond donors (Lipinski definition) is 2. The summed E-state index contributed by atoms with van der Waals surface area (Å²) in [7, 11) is 0. The lowest BCUT2D eigenvalue weighted by Gasteiger charge is -2.01. The Morgan fingerprint density at radius 3 is 2.70 bits per heavy atom. The molecule has 0 fully saturated rings. The third-order valence-corrected chi connectivity index (χ3v) is 1.31. The average Bonchev–Trinajstić information content (AvgIpc) is 1.95. The normalized spacial score (nSPS) is 9.50. The van der Waals surface area contributed by atoms with Gasteiger partial charge in [-0.2, -0.15) is 0 Å². The molecule has 54 valence electrons. The van der Waals surface area contributed by atoms with E-state index in [4.69, 9.17) is 5.21 Å². The molecule has 0 atom stereocenters. The summed E-state index contributed by atoms with van der Waals surface area (Å²) < 4.78 is 12.8. The van der Waals surface area contributed by atoms with Crippen LogP contribution < -0.4 is 5.48 Å². The number of nitrogens with one attached hydrogen (secondary N) is 1. The van der Waals surface area contributed by atoms with Crippen LogP contribution in [-0.4, -0.2) is 5.21 Å². The van der Waals surface area contributed by atoms with E-state index in [0.29, 0.717) is 5.56 Å². The predicted molar refractivity (Wildman–Crippen MR) is 36.5 cm³/mol. The van der Waals surface area contributed by atoms with E-state index in [9.17, 15) is 4.39 Å². The van der Waals surface area contributed by atoms with Crippen molar-refractivity contribution in [3.8, 4) is 0 Å². The summed E-state index contributed by atoms with van der Waals surface area (Å²) in [5.41, 5.74) is 2.39. The van der Waals surface area contributed by atoms with Crippen molar-refractivity contribution in [3.05, 3.63) is 29.6 Å². The summed E-state index contributed by atoms with van der Waals surface area (Å²) in [4.78, 5) is 0. The van der Waals surface area contributed by atoms with Crippen LogP contribution in [0.5, 0.6) is 0 Å². The van der Waals surface area contributed by atoms with E-state index in [1.807, 2.05) is 0 Å². The first-order chi connectivity index (χ1) is 4.75. The summed E-state index contributed by atoms with van der Waals surface area (Å²) in [5.74, 6) is -0.412. The van der Waals surface area contributed by atoms with Gasteiger partial charge in [-0.3, -0.25) is 10.7 Å². The van der Waals surface area contributed by atoms with E-state index < -0.39 is 5.82 Å². The second-order valence-electron chi connectivity index (χ2n) is 2.05. The zero-order chi connectivity index (χ0) is 7.56. The predicted octanol–water partition coefficient (Wildman–Crippen LogP) is 1.94. The Balaban J connectivity index is 3.14. The van der Waals surface area contributed by atoms with E-state index in [1.165, 1.54) is 6.07 Å². The van der Waals surface area contributed by atoms with Crippen LogP contribution in [0.2, 0.25) is 0 Å². The fourth-order valence-electron chi connectivity index (χ4n) is 0.734. The summed E-state index contributed by atoms with van der Waals surface area (Å²) in [6.45, 7) is 1.64. The fraction of sp³-hybridized carbons (Fsp3) is 0.143. The molecule has 0 radical (unpaired) electrons. The Bertz CT molecular complexity index is 237. The molecule has 0 spiro atoms. The minimum Gasteiger partial charge on any atom is -0.291 e. The van der Waals surface area contributed by atoms with Gasteiger partial charge in [-0.05, 0) is 18.6 Å². The Hall–Kier alpha value is -1.09. The zero-order valence-electron chi connectivity index (χ0n) is 5.56. The van der Waals surface area contributed by atoms with Gasteiger partial charge in [0.05, 0.1) is 5.69 Å². The lowest BCUT2D eigenvalue weighted by molar-refractivity contribution is 0.384. The number of anilines is 1. The van der Waals surface area contributed by atoms with Gasteiger partial charge in [0.1, 0.15) is 0 Å². The van der Waals surface area contributed by atoms with Crippen LogP contribution in [0.3, 0.4) is 0 Å². The Morgan fingerprint density at radius 1 is 1.50 bits per heavy atom. The molecular weight excluding hydrogens is 133 g/mol. The van der Waals surface area contributed by atoms with Crippen molar-refractivity contribution in [2.45, 2.75) is 6.92 Å². The quantitative estimate of drug-likeness (QED) is 0.586. The lowest BCUT2D eigenvalue weighted by Crippen LogP contribution is -1.94. The molecule has 0 saturated heterocycles. The largest absolute Gasteiger partial charge is 0.291 e. The van der Waals surface area contributed by atoms with Gasteiger partial charge in [-0.1, -0.05) is 12.1 Å². The second kappa shape index (κ2) is 2.66. The van der Waals surface area contributed by atoms with E-state index in [-0.39, 0.29) is 5.69 Å². The van der Waals surface area contributed by atoms with Crippen LogP contribution in [0.4, 0.5) is 10.1 Å². The molecule has 2 N–H and O–H groups in total. The Morgan fingerprint density at radius 2 is 2.20 bits per heavy atom. The monoisotopic (exact) mass is 141 g/mol. The molecule has 0 heterocycles. The lowest BCUT2D eigenvalue weighted by atomic mass is 10.2. The number of hydrogen-bond acceptors (Lipinski definition) is 2. The van der Waals surface area contributed by atoms with Crippen molar-refractivity contribution in [1.82, 2.24) is 0 Å². The highest BCUT2D eigenvalue weighted by Gasteiger charge is 2.00. The number of benzene rings is 1. The maximum absolute atomic E-state index is 12.8. The van der Waals surface area contributed by atoms with Gasteiger partial charge in [0.25, 0.3) is 0 Å². The number of rotatable bonds is 1. The first kappa shape index (κ1) is 7.02. The summed E-state index contributed by atoms with van der Waals surface area (Å²) >= 11 is 0. The molecule has 0 aromatic heterocycles. The standard InChI is InChI=1S/C7H8FNO/c1-5-3-2-4-6(9-10)7(5)8/h2-4,9-10H,1H3. The average molecular weight is 141 g/mol. The molecule has 0 bridgehead atoms. The van der Waals surface area contributed by atoms with E-state index in [0.717, 1.165) is 0 Å². The van der Waals surface area contributed by atoms with Crippen LogP contribution in [0, 0.1) is 12.7 Å². The highest BCUT2D eigenvalue weighted by molar-refractivity contribution is 5.45. The molecule has 0 aliphatic carbocycles.